The van der Waals surface area contributed by atoms with Crippen molar-refractivity contribution in [3.8, 4) is 0 Å². The van der Waals surface area contributed by atoms with Gasteiger partial charge in [0.05, 0.1) is 11.3 Å². The molecule has 0 aliphatic rings. The van der Waals surface area contributed by atoms with E-state index in [1.54, 1.807) is 0 Å². The number of aromatic amines is 1. The number of halogens is 3. The molecule has 122 valence electrons. The number of sulfonamides is 1. The van der Waals surface area contributed by atoms with Gasteiger partial charge in [-0.15, -0.1) is 0 Å². The minimum Gasteiger partial charge on any atom is -0.363 e. The first-order valence-corrected chi connectivity index (χ1v) is 8.09. The van der Waals surface area contributed by atoms with Crippen LogP contribution in [0.3, 0.4) is 0 Å². The van der Waals surface area contributed by atoms with Crippen LogP contribution in [0.15, 0.2) is 17.2 Å². The van der Waals surface area contributed by atoms with Crippen LogP contribution in [-0.4, -0.2) is 32.2 Å². The quantitative estimate of drug-likeness (QED) is 0.641. The summed E-state index contributed by atoms with van der Waals surface area (Å²) in [7, 11) is -3.95. The Labute approximate surface area is 122 Å². The largest absolute Gasteiger partial charge is 0.390 e. The Hall–Kier alpha value is -1.06. The minimum atomic E-state index is -4.41. The molecule has 0 aromatic carbocycles. The van der Waals surface area contributed by atoms with E-state index in [0.717, 1.165) is 13.0 Å². The second-order valence-corrected chi connectivity index (χ2v) is 6.59. The summed E-state index contributed by atoms with van der Waals surface area (Å²) in [5.41, 5.74) is 0.660. The van der Waals surface area contributed by atoms with Crippen LogP contribution in [0.25, 0.3) is 0 Å². The van der Waals surface area contributed by atoms with Gasteiger partial charge in [0.15, 0.2) is 0 Å². The molecule has 1 aromatic rings. The first-order valence-electron chi connectivity index (χ1n) is 6.61. The lowest BCUT2D eigenvalue weighted by Crippen LogP contribution is -2.35. The number of hydrogen-bond donors (Lipinski definition) is 3. The molecule has 0 saturated carbocycles. The predicted octanol–water partition coefficient (Wildman–Crippen LogP) is 2.13. The van der Waals surface area contributed by atoms with Crippen molar-refractivity contribution in [3.05, 3.63) is 18.0 Å². The van der Waals surface area contributed by atoms with Gasteiger partial charge in [-0.3, -0.25) is 0 Å². The molecule has 21 heavy (non-hydrogen) atoms. The molecule has 5 nitrogen and oxygen atoms in total. The van der Waals surface area contributed by atoms with E-state index in [4.69, 9.17) is 0 Å². The monoisotopic (exact) mass is 327 g/mol. The van der Waals surface area contributed by atoms with Crippen LogP contribution in [0.2, 0.25) is 0 Å². The Balaban J connectivity index is 2.66. The normalized spacial score (nSPS) is 14.3. The van der Waals surface area contributed by atoms with Crippen molar-refractivity contribution in [2.75, 3.05) is 6.54 Å². The molecular weight excluding hydrogens is 307 g/mol. The molecule has 0 aliphatic heterocycles. The molecule has 1 atom stereocenters. The van der Waals surface area contributed by atoms with Crippen molar-refractivity contribution in [2.24, 2.45) is 0 Å². The topological polar surface area (TPSA) is 74.0 Å². The smallest absolute Gasteiger partial charge is 0.363 e. The van der Waals surface area contributed by atoms with Gasteiger partial charge >= 0.3 is 6.18 Å². The summed E-state index contributed by atoms with van der Waals surface area (Å²) >= 11 is 0. The molecule has 0 spiro atoms. The summed E-state index contributed by atoms with van der Waals surface area (Å²) in [4.78, 5) is 2.72. The van der Waals surface area contributed by atoms with Crippen LogP contribution >= 0.6 is 0 Å². The molecule has 0 fully saturated rings. The molecule has 0 amide bonds. The third kappa shape index (κ3) is 6.49. The molecule has 0 bridgehead atoms. The number of hydrogen-bond acceptors (Lipinski definition) is 3. The number of aromatic nitrogens is 1. The predicted molar refractivity (Wildman–Crippen MR) is 73.2 cm³/mol. The third-order valence-corrected chi connectivity index (χ3v) is 4.23. The maximum Gasteiger partial charge on any atom is 0.390 e. The van der Waals surface area contributed by atoms with E-state index in [1.807, 2.05) is 11.6 Å². The van der Waals surface area contributed by atoms with E-state index >= 15 is 0 Å². The van der Waals surface area contributed by atoms with Gasteiger partial charge in [-0.25, -0.2) is 13.1 Å². The summed E-state index contributed by atoms with van der Waals surface area (Å²) in [5, 5.41) is 3.09. The van der Waals surface area contributed by atoms with Gasteiger partial charge in [0.1, 0.15) is 0 Å². The second-order valence-electron chi connectivity index (χ2n) is 4.88. The molecule has 0 aliphatic carbocycles. The average molecular weight is 327 g/mol. The SMILES string of the molecule is CCCNCc1cc(S(=O)(=O)NC(C)CC(F)(F)F)c[nH]1. The fourth-order valence-electron chi connectivity index (χ4n) is 1.80. The van der Waals surface area contributed by atoms with Crippen molar-refractivity contribution in [1.82, 2.24) is 15.0 Å². The lowest BCUT2D eigenvalue weighted by molar-refractivity contribution is -0.137. The zero-order valence-corrected chi connectivity index (χ0v) is 12.7. The van der Waals surface area contributed by atoms with Gasteiger partial charge in [-0.1, -0.05) is 6.92 Å². The van der Waals surface area contributed by atoms with Crippen molar-refractivity contribution >= 4 is 10.0 Å². The van der Waals surface area contributed by atoms with Gasteiger partial charge in [0.2, 0.25) is 10.0 Å². The highest BCUT2D eigenvalue weighted by atomic mass is 32.2. The lowest BCUT2D eigenvalue weighted by Gasteiger charge is -2.15. The van der Waals surface area contributed by atoms with Crippen molar-refractivity contribution in [3.63, 3.8) is 0 Å². The highest BCUT2D eigenvalue weighted by Crippen LogP contribution is 2.22. The molecule has 1 unspecified atom stereocenters. The Morgan fingerprint density at radius 1 is 1.38 bits per heavy atom. The fourth-order valence-corrected chi connectivity index (χ4v) is 3.06. The van der Waals surface area contributed by atoms with Crippen LogP contribution in [0, 0.1) is 0 Å². The molecule has 3 N–H and O–H groups in total. The number of H-pyrrole nitrogens is 1. The molecule has 1 rings (SSSR count). The Kier molecular flexibility index (Phi) is 6.24. The Bertz CT molecular complexity index is 540. The molecule has 9 heteroatoms. The summed E-state index contributed by atoms with van der Waals surface area (Å²) in [5.74, 6) is 0. The van der Waals surface area contributed by atoms with E-state index in [2.05, 4.69) is 10.3 Å². The highest BCUT2D eigenvalue weighted by molar-refractivity contribution is 7.89. The van der Waals surface area contributed by atoms with Gasteiger partial charge in [0.25, 0.3) is 0 Å². The number of nitrogens with one attached hydrogen (secondary N) is 3. The summed E-state index contributed by atoms with van der Waals surface area (Å²) in [6.07, 6.45) is -3.40. The van der Waals surface area contributed by atoms with Crippen LogP contribution in [0.4, 0.5) is 13.2 Å². The molecular formula is C12H20F3N3O2S. The van der Waals surface area contributed by atoms with Crippen LogP contribution < -0.4 is 10.0 Å². The minimum absolute atomic E-state index is 0.0650. The van der Waals surface area contributed by atoms with Crippen molar-refractivity contribution < 1.29 is 21.6 Å². The first-order chi connectivity index (χ1) is 9.64. The van der Waals surface area contributed by atoms with Crippen LogP contribution in [0.1, 0.15) is 32.4 Å². The van der Waals surface area contributed by atoms with Crippen molar-refractivity contribution in [1.29, 1.82) is 0 Å². The Morgan fingerprint density at radius 2 is 2.05 bits per heavy atom. The average Bonchev–Trinajstić information content (AvgIpc) is 2.75. The third-order valence-electron chi connectivity index (χ3n) is 2.66. The van der Waals surface area contributed by atoms with Crippen molar-refractivity contribution in [2.45, 2.75) is 50.3 Å². The standard InChI is InChI=1S/C12H20F3N3O2S/c1-3-4-16-7-10-5-11(8-17-10)21(19,20)18-9(2)6-12(13,14)15/h5,8-9,16-18H,3-4,6-7H2,1-2H3. The summed E-state index contributed by atoms with van der Waals surface area (Å²) in [6.45, 7) is 4.45. The molecule has 1 heterocycles. The molecule has 1 aromatic heterocycles. The van der Waals surface area contributed by atoms with E-state index in [1.165, 1.54) is 19.2 Å². The lowest BCUT2D eigenvalue weighted by atomic mass is 10.2. The van der Waals surface area contributed by atoms with Gasteiger partial charge < -0.3 is 10.3 Å². The first kappa shape index (κ1) is 18.0. The van der Waals surface area contributed by atoms with E-state index in [-0.39, 0.29) is 4.90 Å². The van der Waals surface area contributed by atoms with Gasteiger partial charge in [0, 0.05) is 24.5 Å². The van der Waals surface area contributed by atoms with E-state index in [9.17, 15) is 21.6 Å². The fraction of sp³-hybridized carbons (Fsp3) is 0.667. The van der Waals surface area contributed by atoms with Crippen LogP contribution in [0.5, 0.6) is 0 Å². The van der Waals surface area contributed by atoms with Gasteiger partial charge in [-0.2, -0.15) is 13.2 Å². The van der Waals surface area contributed by atoms with E-state index in [0.29, 0.717) is 12.2 Å². The maximum atomic E-state index is 12.2. The highest BCUT2D eigenvalue weighted by Gasteiger charge is 2.32. The second kappa shape index (κ2) is 7.28. The van der Waals surface area contributed by atoms with Gasteiger partial charge in [-0.05, 0) is 26.0 Å². The zero-order valence-electron chi connectivity index (χ0n) is 11.9. The summed E-state index contributed by atoms with van der Waals surface area (Å²) in [6, 6.07) is 0.192. The Morgan fingerprint density at radius 3 is 2.62 bits per heavy atom. The molecule has 0 radical (unpaired) electrons. The number of alkyl halides is 3. The maximum absolute atomic E-state index is 12.2. The zero-order chi connectivity index (χ0) is 16.1. The summed E-state index contributed by atoms with van der Waals surface area (Å²) < 4.78 is 62.6. The number of rotatable bonds is 8. The van der Waals surface area contributed by atoms with E-state index < -0.39 is 28.7 Å². The van der Waals surface area contributed by atoms with Crippen LogP contribution in [-0.2, 0) is 16.6 Å². The molecule has 0 saturated heterocycles.